The van der Waals surface area contributed by atoms with Crippen LogP contribution in [-0.2, 0) is 4.79 Å². The number of amides is 2. The summed E-state index contributed by atoms with van der Waals surface area (Å²) in [6, 6.07) is 7.68. The normalized spacial score (nSPS) is 10.4. The second-order valence-electron chi connectivity index (χ2n) is 5.32. The molecular weight excluding hydrogens is 296 g/mol. The first-order valence-electron chi connectivity index (χ1n) is 7.09. The van der Waals surface area contributed by atoms with Crippen molar-refractivity contribution in [2.45, 2.75) is 27.7 Å². The Balaban J connectivity index is 1.96. The van der Waals surface area contributed by atoms with Crippen LogP contribution in [0.3, 0.4) is 0 Å². The smallest absolute Gasteiger partial charge is 0.252 e. The maximum absolute atomic E-state index is 12.1. The van der Waals surface area contributed by atoms with Gasteiger partial charge in [0.2, 0.25) is 5.91 Å². The van der Waals surface area contributed by atoms with Gasteiger partial charge in [0.05, 0.1) is 12.1 Å². The molecule has 116 valence electrons. The molecule has 2 rings (SSSR count). The first kappa shape index (κ1) is 16.2. The number of benzene rings is 1. The lowest BCUT2D eigenvalue weighted by molar-refractivity contribution is -0.115. The van der Waals surface area contributed by atoms with Crippen LogP contribution in [0.5, 0.6) is 0 Å². The number of para-hydroxylation sites is 1. The summed E-state index contributed by atoms with van der Waals surface area (Å²) in [6.07, 6.45) is 0. The van der Waals surface area contributed by atoms with E-state index in [1.807, 2.05) is 52.0 Å². The van der Waals surface area contributed by atoms with E-state index >= 15 is 0 Å². The summed E-state index contributed by atoms with van der Waals surface area (Å²) in [5.41, 5.74) is 3.46. The first-order chi connectivity index (χ1) is 10.4. The average Bonchev–Trinajstić information content (AvgIpc) is 2.79. The van der Waals surface area contributed by atoms with Crippen molar-refractivity contribution < 1.29 is 9.59 Å². The van der Waals surface area contributed by atoms with E-state index in [1.165, 1.54) is 0 Å². The molecule has 0 saturated carbocycles. The number of hydrogen-bond acceptors (Lipinski definition) is 3. The Morgan fingerprint density at radius 2 is 1.73 bits per heavy atom. The highest BCUT2D eigenvalue weighted by atomic mass is 32.1. The summed E-state index contributed by atoms with van der Waals surface area (Å²) < 4.78 is 0. The number of anilines is 1. The van der Waals surface area contributed by atoms with Crippen LogP contribution in [-0.4, -0.2) is 18.4 Å². The second kappa shape index (κ2) is 6.75. The van der Waals surface area contributed by atoms with Crippen LogP contribution in [0.25, 0.3) is 0 Å². The van der Waals surface area contributed by atoms with E-state index < -0.39 is 0 Å². The van der Waals surface area contributed by atoms with Crippen LogP contribution in [0.2, 0.25) is 0 Å². The van der Waals surface area contributed by atoms with Crippen molar-refractivity contribution in [2.75, 3.05) is 11.9 Å². The number of rotatable bonds is 4. The van der Waals surface area contributed by atoms with Gasteiger partial charge in [0.15, 0.2) is 0 Å². The molecule has 2 aromatic rings. The van der Waals surface area contributed by atoms with E-state index in [4.69, 9.17) is 0 Å². The minimum Gasteiger partial charge on any atom is -0.343 e. The number of aryl methyl sites for hydroxylation is 4. The van der Waals surface area contributed by atoms with Crippen molar-refractivity contribution in [2.24, 2.45) is 0 Å². The Labute approximate surface area is 134 Å². The largest absolute Gasteiger partial charge is 0.343 e. The van der Waals surface area contributed by atoms with Crippen LogP contribution in [0, 0.1) is 27.7 Å². The second-order valence-corrected chi connectivity index (χ2v) is 6.79. The van der Waals surface area contributed by atoms with E-state index in [9.17, 15) is 9.59 Å². The third kappa shape index (κ3) is 3.74. The summed E-state index contributed by atoms with van der Waals surface area (Å²) in [5, 5.41) is 5.52. The van der Waals surface area contributed by atoms with Crippen molar-refractivity contribution in [1.82, 2.24) is 5.32 Å². The molecule has 2 N–H and O–H groups in total. The van der Waals surface area contributed by atoms with Crippen molar-refractivity contribution in [3.63, 3.8) is 0 Å². The zero-order chi connectivity index (χ0) is 16.3. The maximum Gasteiger partial charge on any atom is 0.252 e. The molecule has 2 amide bonds. The quantitative estimate of drug-likeness (QED) is 0.909. The Bertz CT molecular complexity index is 699. The van der Waals surface area contributed by atoms with Gasteiger partial charge in [-0.25, -0.2) is 0 Å². The van der Waals surface area contributed by atoms with Crippen molar-refractivity contribution in [3.05, 3.63) is 50.7 Å². The number of carbonyl (C=O) groups excluding carboxylic acids is 2. The fraction of sp³-hybridized carbons (Fsp3) is 0.294. The molecule has 0 radical (unpaired) electrons. The maximum atomic E-state index is 12.1. The van der Waals surface area contributed by atoms with Gasteiger partial charge in [-0.05, 0) is 44.9 Å². The number of thiophene rings is 1. The number of nitrogens with one attached hydrogen (secondary N) is 2. The van der Waals surface area contributed by atoms with Gasteiger partial charge in [0.25, 0.3) is 5.91 Å². The summed E-state index contributed by atoms with van der Waals surface area (Å²) >= 11 is 1.58. The zero-order valence-electron chi connectivity index (χ0n) is 13.2. The third-order valence-electron chi connectivity index (χ3n) is 3.44. The Kier molecular flexibility index (Phi) is 4.98. The molecule has 0 aliphatic carbocycles. The van der Waals surface area contributed by atoms with Gasteiger partial charge in [-0.3, -0.25) is 9.59 Å². The average molecular weight is 316 g/mol. The first-order valence-corrected chi connectivity index (χ1v) is 7.91. The Morgan fingerprint density at radius 3 is 2.27 bits per heavy atom. The fourth-order valence-corrected chi connectivity index (χ4v) is 3.23. The lowest BCUT2D eigenvalue weighted by Crippen LogP contribution is -2.33. The summed E-state index contributed by atoms with van der Waals surface area (Å²) in [4.78, 5) is 26.2. The van der Waals surface area contributed by atoms with Gasteiger partial charge < -0.3 is 10.6 Å². The van der Waals surface area contributed by atoms with E-state index in [-0.39, 0.29) is 18.4 Å². The molecular formula is C17H20N2O2S. The lowest BCUT2D eigenvalue weighted by atomic mass is 10.1. The van der Waals surface area contributed by atoms with Crippen LogP contribution >= 0.6 is 11.3 Å². The predicted molar refractivity (Wildman–Crippen MR) is 90.7 cm³/mol. The van der Waals surface area contributed by atoms with Gasteiger partial charge >= 0.3 is 0 Å². The molecule has 0 spiro atoms. The van der Waals surface area contributed by atoms with Gasteiger partial charge in [-0.2, -0.15) is 0 Å². The molecule has 0 saturated heterocycles. The highest BCUT2D eigenvalue weighted by molar-refractivity contribution is 7.12. The van der Waals surface area contributed by atoms with Crippen LogP contribution < -0.4 is 10.6 Å². The zero-order valence-corrected chi connectivity index (χ0v) is 14.1. The van der Waals surface area contributed by atoms with E-state index in [0.717, 1.165) is 26.6 Å². The lowest BCUT2D eigenvalue weighted by Gasteiger charge is -2.11. The molecule has 0 aliphatic rings. The molecule has 0 unspecified atom stereocenters. The third-order valence-corrected chi connectivity index (χ3v) is 4.41. The summed E-state index contributed by atoms with van der Waals surface area (Å²) in [6.45, 7) is 7.71. The van der Waals surface area contributed by atoms with Crippen molar-refractivity contribution in [3.8, 4) is 0 Å². The molecule has 1 heterocycles. The topological polar surface area (TPSA) is 58.2 Å². The number of carbonyl (C=O) groups is 2. The highest BCUT2D eigenvalue weighted by Crippen LogP contribution is 2.21. The highest BCUT2D eigenvalue weighted by Gasteiger charge is 2.13. The minimum atomic E-state index is -0.227. The van der Waals surface area contributed by atoms with Crippen molar-refractivity contribution >= 4 is 28.8 Å². The van der Waals surface area contributed by atoms with Gasteiger partial charge in [0, 0.05) is 15.4 Å². The SMILES string of the molecule is Cc1cc(C(=O)NCC(=O)Nc2c(C)cccc2C)c(C)s1. The van der Waals surface area contributed by atoms with E-state index in [0.29, 0.717) is 5.56 Å². The predicted octanol–water partition coefficient (Wildman–Crippen LogP) is 3.35. The summed E-state index contributed by atoms with van der Waals surface area (Å²) in [7, 11) is 0. The molecule has 1 aromatic heterocycles. The standard InChI is InChI=1S/C17H20N2O2S/c1-10-6-5-7-11(2)16(10)19-15(20)9-18-17(21)14-8-12(3)22-13(14)4/h5-8H,9H2,1-4H3,(H,18,21)(H,19,20). The molecule has 1 aromatic carbocycles. The molecule has 0 bridgehead atoms. The van der Waals surface area contributed by atoms with Gasteiger partial charge in [-0.1, -0.05) is 18.2 Å². The van der Waals surface area contributed by atoms with Crippen LogP contribution in [0.15, 0.2) is 24.3 Å². The summed E-state index contributed by atoms with van der Waals surface area (Å²) in [5.74, 6) is -0.436. The van der Waals surface area contributed by atoms with Gasteiger partial charge in [0.1, 0.15) is 0 Å². The van der Waals surface area contributed by atoms with Crippen molar-refractivity contribution in [1.29, 1.82) is 0 Å². The fourth-order valence-electron chi connectivity index (χ4n) is 2.31. The molecule has 22 heavy (non-hydrogen) atoms. The Hall–Kier alpha value is -2.14. The molecule has 0 aliphatic heterocycles. The van der Waals surface area contributed by atoms with E-state index in [2.05, 4.69) is 10.6 Å². The monoisotopic (exact) mass is 316 g/mol. The van der Waals surface area contributed by atoms with E-state index in [1.54, 1.807) is 11.3 Å². The minimum absolute atomic E-state index is 0.0407. The Morgan fingerprint density at radius 1 is 1.09 bits per heavy atom. The van der Waals surface area contributed by atoms with Crippen LogP contribution in [0.1, 0.15) is 31.2 Å². The molecule has 4 nitrogen and oxygen atoms in total. The van der Waals surface area contributed by atoms with Gasteiger partial charge in [-0.15, -0.1) is 11.3 Å². The molecule has 0 fully saturated rings. The van der Waals surface area contributed by atoms with Crippen LogP contribution in [0.4, 0.5) is 5.69 Å². The molecule has 5 heteroatoms. The molecule has 0 atom stereocenters. The number of hydrogen-bond donors (Lipinski definition) is 2.